The van der Waals surface area contributed by atoms with E-state index >= 15 is 0 Å². The molecule has 2 N–H and O–H groups in total. The molecule has 0 saturated heterocycles. The molecule has 1 aliphatic rings. The van der Waals surface area contributed by atoms with Crippen LogP contribution in [-0.4, -0.2) is 11.0 Å². The van der Waals surface area contributed by atoms with Gasteiger partial charge in [0.1, 0.15) is 0 Å². The van der Waals surface area contributed by atoms with Gasteiger partial charge < -0.3 is 10.4 Å². The average molecular weight is 226 g/mol. The number of hydrogen-bond acceptors (Lipinski definition) is 2. The Morgan fingerprint density at radius 3 is 3.00 bits per heavy atom. The Morgan fingerprint density at radius 2 is 2.33 bits per heavy atom. The van der Waals surface area contributed by atoms with Crippen LogP contribution in [0.1, 0.15) is 30.6 Å². The molecule has 0 fully saturated rings. The van der Waals surface area contributed by atoms with Crippen molar-refractivity contribution in [1.29, 1.82) is 0 Å². The number of aliphatic hydroxyl groups is 1. The lowest BCUT2D eigenvalue weighted by molar-refractivity contribution is -0.115. The first-order chi connectivity index (χ1) is 7.11. The molecule has 1 aliphatic heterocycles. The van der Waals surface area contributed by atoms with Gasteiger partial charge in [-0.25, -0.2) is 0 Å². The van der Waals surface area contributed by atoms with E-state index in [0.717, 1.165) is 11.3 Å². The van der Waals surface area contributed by atoms with E-state index in [2.05, 4.69) is 5.32 Å². The Kier molecular flexibility index (Phi) is 2.67. The van der Waals surface area contributed by atoms with E-state index in [-0.39, 0.29) is 5.91 Å². The molecule has 3 nitrogen and oxygen atoms in total. The Morgan fingerprint density at radius 1 is 1.60 bits per heavy atom. The van der Waals surface area contributed by atoms with Gasteiger partial charge in [-0.2, -0.15) is 0 Å². The Bertz CT molecular complexity index is 417. The van der Waals surface area contributed by atoms with Crippen LogP contribution in [-0.2, 0) is 11.2 Å². The Balaban J connectivity index is 2.44. The van der Waals surface area contributed by atoms with Gasteiger partial charge in [-0.05, 0) is 29.7 Å². The summed E-state index contributed by atoms with van der Waals surface area (Å²) in [5.41, 5.74) is 2.37. The number of nitrogens with one attached hydrogen (secondary N) is 1. The highest BCUT2D eigenvalue weighted by molar-refractivity contribution is 6.32. The maximum Gasteiger partial charge on any atom is 0.228 e. The standard InChI is InChI=1S/C11H12ClNO2/c1-2-10(14)7-3-6-4-11(15)13-9(6)5-8(7)12/h3,5,10,14H,2,4H2,1H3,(H,13,15)/t10-/m1/s1. The molecule has 4 heteroatoms. The van der Waals surface area contributed by atoms with E-state index in [1.807, 2.05) is 13.0 Å². The zero-order valence-electron chi connectivity index (χ0n) is 8.38. The first-order valence-corrected chi connectivity index (χ1v) is 5.30. The molecule has 1 aromatic rings. The molecule has 0 radical (unpaired) electrons. The quantitative estimate of drug-likeness (QED) is 0.811. The predicted octanol–water partition coefficient (Wildman–Crippen LogP) is 2.28. The smallest absolute Gasteiger partial charge is 0.228 e. The molecule has 0 bridgehead atoms. The minimum atomic E-state index is -0.557. The SMILES string of the molecule is CC[C@@H](O)c1cc2c(cc1Cl)NC(=O)C2. The number of aliphatic hydroxyl groups excluding tert-OH is 1. The number of amides is 1. The molecule has 0 unspecified atom stereocenters. The van der Waals surface area contributed by atoms with Crippen LogP contribution in [0.4, 0.5) is 5.69 Å². The number of anilines is 1. The molecule has 1 aromatic carbocycles. The van der Waals surface area contributed by atoms with E-state index in [9.17, 15) is 9.90 Å². The predicted molar refractivity (Wildman–Crippen MR) is 59.0 cm³/mol. The second kappa shape index (κ2) is 3.83. The van der Waals surface area contributed by atoms with Gasteiger partial charge in [-0.3, -0.25) is 4.79 Å². The van der Waals surface area contributed by atoms with Crippen LogP contribution >= 0.6 is 11.6 Å². The summed E-state index contributed by atoms with van der Waals surface area (Å²) in [5.74, 6) is -0.0239. The van der Waals surface area contributed by atoms with Crippen LogP contribution in [0.25, 0.3) is 0 Å². The van der Waals surface area contributed by atoms with Crippen LogP contribution in [0.15, 0.2) is 12.1 Å². The van der Waals surface area contributed by atoms with Gasteiger partial charge in [0.2, 0.25) is 5.91 Å². The Hall–Kier alpha value is -1.06. The number of rotatable bonds is 2. The van der Waals surface area contributed by atoms with Gasteiger partial charge in [0, 0.05) is 10.7 Å². The number of halogens is 1. The highest BCUT2D eigenvalue weighted by Crippen LogP contribution is 2.33. The number of carbonyl (C=O) groups excluding carboxylic acids is 1. The summed E-state index contributed by atoms with van der Waals surface area (Å²) in [7, 11) is 0. The summed E-state index contributed by atoms with van der Waals surface area (Å²) in [6.45, 7) is 1.89. The molecule has 0 aromatic heterocycles. The lowest BCUT2D eigenvalue weighted by atomic mass is 10.0. The van der Waals surface area contributed by atoms with E-state index in [1.54, 1.807) is 6.07 Å². The van der Waals surface area contributed by atoms with E-state index in [0.29, 0.717) is 23.4 Å². The molecule has 0 saturated carbocycles. The van der Waals surface area contributed by atoms with Gasteiger partial charge >= 0.3 is 0 Å². The topological polar surface area (TPSA) is 49.3 Å². The molecule has 2 rings (SSSR count). The van der Waals surface area contributed by atoms with Gasteiger partial charge in [-0.1, -0.05) is 18.5 Å². The van der Waals surface area contributed by atoms with Crippen molar-refractivity contribution < 1.29 is 9.90 Å². The van der Waals surface area contributed by atoms with Crippen LogP contribution < -0.4 is 5.32 Å². The first-order valence-electron chi connectivity index (χ1n) is 4.92. The molecule has 1 heterocycles. The van der Waals surface area contributed by atoms with Gasteiger partial charge in [0.25, 0.3) is 0 Å². The third-order valence-electron chi connectivity index (χ3n) is 2.59. The third-order valence-corrected chi connectivity index (χ3v) is 2.92. The van der Waals surface area contributed by atoms with Crippen molar-refractivity contribution in [3.63, 3.8) is 0 Å². The summed E-state index contributed by atoms with van der Waals surface area (Å²) in [5, 5.41) is 12.9. The summed E-state index contributed by atoms with van der Waals surface area (Å²) in [6.07, 6.45) is 0.425. The molecule has 0 spiro atoms. The summed E-state index contributed by atoms with van der Waals surface area (Å²) >= 11 is 6.02. The highest BCUT2D eigenvalue weighted by Gasteiger charge is 2.21. The van der Waals surface area contributed by atoms with Crippen molar-refractivity contribution in [2.75, 3.05) is 5.32 Å². The number of hydrogen-bond donors (Lipinski definition) is 2. The highest BCUT2D eigenvalue weighted by atomic mass is 35.5. The lowest BCUT2D eigenvalue weighted by Crippen LogP contribution is -2.03. The van der Waals surface area contributed by atoms with Crippen LogP contribution in [0.3, 0.4) is 0 Å². The third kappa shape index (κ3) is 1.85. The number of benzene rings is 1. The van der Waals surface area contributed by atoms with Crippen molar-refractivity contribution in [1.82, 2.24) is 0 Å². The van der Waals surface area contributed by atoms with Crippen molar-refractivity contribution in [3.8, 4) is 0 Å². The normalized spacial score (nSPS) is 16.1. The fraction of sp³-hybridized carbons (Fsp3) is 0.364. The van der Waals surface area contributed by atoms with Gasteiger partial charge in [0.15, 0.2) is 0 Å². The van der Waals surface area contributed by atoms with Crippen molar-refractivity contribution in [3.05, 3.63) is 28.3 Å². The average Bonchev–Trinajstić information content (AvgIpc) is 2.55. The lowest BCUT2D eigenvalue weighted by Gasteiger charge is -2.12. The van der Waals surface area contributed by atoms with Crippen molar-refractivity contribution in [2.45, 2.75) is 25.9 Å². The Labute approximate surface area is 93.1 Å². The van der Waals surface area contributed by atoms with Crippen LogP contribution in [0, 0.1) is 0 Å². The van der Waals surface area contributed by atoms with Crippen molar-refractivity contribution in [2.24, 2.45) is 0 Å². The minimum absolute atomic E-state index is 0.0239. The molecule has 1 amide bonds. The zero-order chi connectivity index (χ0) is 11.0. The fourth-order valence-electron chi connectivity index (χ4n) is 1.74. The summed E-state index contributed by atoms with van der Waals surface area (Å²) in [6, 6.07) is 3.51. The van der Waals surface area contributed by atoms with E-state index in [4.69, 9.17) is 11.6 Å². The fourth-order valence-corrected chi connectivity index (χ4v) is 2.03. The largest absolute Gasteiger partial charge is 0.388 e. The maximum absolute atomic E-state index is 11.1. The first kappa shape index (κ1) is 10.5. The monoisotopic (exact) mass is 225 g/mol. The maximum atomic E-state index is 11.1. The molecule has 1 atom stereocenters. The number of fused-ring (bicyclic) bond motifs is 1. The van der Waals surface area contributed by atoms with Crippen LogP contribution in [0.2, 0.25) is 5.02 Å². The minimum Gasteiger partial charge on any atom is -0.388 e. The van der Waals surface area contributed by atoms with Gasteiger partial charge in [0.05, 0.1) is 12.5 Å². The summed E-state index contributed by atoms with van der Waals surface area (Å²) < 4.78 is 0. The summed E-state index contributed by atoms with van der Waals surface area (Å²) in [4.78, 5) is 11.1. The second-order valence-corrected chi connectivity index (χ2v) is 4.09. The van der Waals surface area contributed by atoms with E-state index in [1.165, 1.54) is 0 Å². The second-order valence-electron chi connectivity index (χ2n) is 3.68. The molecular formula is C11H12ClNO2. The van der Waals surface area contributed by atoms with E-state index < -0.39 is 6.10 Å². The molecule has 15 heavy (non-hydrogen) atoms. The number of carbonyl (C=O) groups is 1. The molecule has 80 valence electrons. The molecule has 0 aliphatic carbocycles. The van der Waals surface area contributed by atoms with Crippen molar-refractivity contribution >= 4 is 23.2 Å². The zero-order valence-corrected chi connectivity index (χ0v) is 9.14. The van der Waals surface area contributed by atoms with Gasteiger partial charge in [-0.15, -0.1) is 0 Å². The van der Waals surface area contributed by atoms with Crippen LogP contribution in [0.5, 0.6) is 0 Å². The molecular weight excluding hydrogens is 214 g/mol.